The van der Waals surface area contributed by atoms with Crippen LogP contribution >= 0.6 is 35.3 Å². The third-order valence-electron chi connectivity index (χ3n) is 10.3. The van der Waals surface area contributed by atoms with Crippen LogP contribution in [0.3, 0.4) is 0 Å². The normalized spacial score (nSPS) is 13.8. The Morgan fingerprint density at radius 3 is 2.43 bits per heavy atom. The van der Waals surface area contributed by atoms with Gasteiger partial charge in [0.05, 0.1) is 17.9 Å². The maximum atomic E-state index is 12.8. The minimum absolute atomic E-state index is 0.119. The number of fused-ring (bicyclic) bond motifs is 1. The van der Waals surface area contributed by atoms with Crippen LogP contribution in [0.15, 0.2) is 119 Å². The molecule has 7 rings (SSSR count). The average molecular weight is 923 g/mol. The molecule has 1 atom stereocenters. The summed E-state index contributed by atoms with van der Waals surface area (Å²) in [6.07, 6.45) is 5.60. The third kappa shape index (κ3) is 13.6. The fourth-order valence-corrected chi connectivity index (χ4v) is 8.77. The van der Waals surface area contributed by atoms with Gasteiger partial charge in [0, 0.05) is 83.1 Å². The molecule has 0 bridgehead atoms. The van der Waals surface area contributed by atoms with Crippen LogP contribution in [0.25, 0.3) is 22.2 Å². The van der Waals surface area contributed by atoms with E-state index in [4.69, 9.17) is 25.8 Å². The van der Waals surface area contributed by atoms with Gasteiger partial charge < -0.3 is 34.5 Å². The molecule has 1 fully saturated rings. The number of halogens is 4. The number of aromatic amines is 1. The smallest absolute Gasteiger partial charge is 0.446 e. The van der Waals surface area contributed by atoms with Crippen molar-refractivity contribution in [1.82, 2.24) is 14.7 Å². The van der Waals surface area contributed by atoms with Gasteiger partial charge in [-0.15, -0.1) is 0 Å². The van der Waals surface area contributed by atoms with E-state index in [0.717, 1.165) is 70.5 Å². The summed E-state index contributed by atoms with van der Waals surface area (Å²) in [6.45, 7) is 6.83. The summed E-state index contributed by atoms with van der Waals surface area (Å²) in [5.74, 6) is 1.21. The fraction of sp³-hybridized carbons (Fsp3) is 0.319. The Kier molecular flexibility index (Phi) is 17.6. The molecule has 16 heteroatoms. The third-order valence-corrected chi connectivity index (χ3v) is 12.0. The van der Waals surface area contributed by atoms with E-state index < -0.39 is 11.6 Å². The van der Waals surface area contributed by atoms with Crippen molar-refractivity contribution in [2.75, 3.05) is 50.1 Å². The van der Waals surface area contributed by atoms with E-state index in [9.17, 15) is 23.1 Å². The molecule has 3 heterocycles. The van der Waals surface area contributed by atoms with Crippen LogP contribution in [-0.2, 0) is 9.47 Å². The van der Waals surface area contributed by atoms with E-state index in [0.29, 0.717) is 54.0 Å². The Morgan fingerprint density at radius 1 is 0.984 bits per heavy atom. The number of aliphatic hydroxyl groups is 1. The maximum absolute atomic E-state index is 12.8. The van der Waals surface area contributed by atoms with Crippen LogP contribution in [0.4, 0.5) is 24.5 Å². The number of nitrogens with one attached hydrogen (secondary N) is 3. The van der Waals surface area contributed by atoms with Crippen molar-refractivity contribution in [2.45, 2.75) is 60.8 Å². The van der Waals surface area contributed by atoms with Gasteiger partial charge in [-0.1, -0.05) is 48.0 Å². The highest BCUT2D eigenvalue weighted by molar-refractivity contribution is 8.00. The lowest BCUT2D eigenvalue weighted by atomic mass is 9.84. The molecule has 0 radical (unpaired) electrons. The molecule has 1 saturated heterocycles. The first-order valence-corrected chi connectivity index (χ1v) is 22.7. The summed E-state index contributed by atoms with van der Waals surface area (Å²) < 4.78 is 58.1. The van der Waals surface area contributed by atoms with E-state index in [1.165, 1.54) is 18.0 Å². The van der Waals surface area contributed by atoms with Gasteiger partial charge in [-0.3, -0.25) is 9.52 Å². The zero-order valence-electron chi connectivity index (χ0n) is 35.2. The first kappa shape index (κ1) is 47.7. The summed E-state index contributed by atoms with van der Waals surface area (Å²) in [5.41, 5.74) is 1.38. The van der Waals surface area contributed by atoms with Gasteiger partial charge in [0.2, 0.25) is 0 Å². The SMILES string of the molecule is CCOC(CCNc1ccc(SNC)cc1SC(F)(F)F)OCC.O=Cc1ccc(N2CCC(C(O)c3ccccc3-c3ccc(Cl)cc3)CC2)cc1Oc1cnc2[nH]ccc2c1. The molecule has 1 aliphatic heterocycles. The molecule has 1 aliphatic rings. The van der Waals surface area contributed by atoms with Crippen LogP contribution in [0.1, 0.15) is 55.1 Å². The number of alkyl halides is 3. The van der Waals surface area contributed by atoms with Crippen molar-refractivity contribution in [2.24, 2.45) is 5.92 Å². The number of benzene rings is 4. The highest BCUT2D eigenvalue weighted by Gasteiger charge is 2.31. The second-order valence-corrected chi connectivity index (χ2v) is 17.1. The van der Waals surface area contributed by atoms with Crippen molar-refractivity contribution >= 4 is 64.0 Å². The number of aromatic nitrogens is 2. The van der Waals surface area contributed by atoms with Crippen LogP contribution in [0.2, 0.25) is 5.02 Å². The summed E-state index contributed by atoms with van der Waals surface area (Å²) in [7, 11) is 1.72. The van der Waals surface area contributed by atoms with Crippen molar-refractivity contribution in [1.29, 1.82) is 0 Å². The molecule has 6 aromatic rings. The Hall–Kier alpha value is -4.74. The second-order valence-electron chi connectivity index (χ2n) is 14.5. The molecule has 0 amide bonds. The number of rotatable bonds is 18. The van der Waals surface area contributed by atoms with Crippen LogP contribution in [0, 0.1) is 5.92 Å². The monoisotopic (exact) mass is 921 g/mol. The number of nitrogens with zero attached hydrogens (tertiary/aromatic N) is 2. The quantitative estimate of drug-likeness (QED) is 0.0285. The highest BCUT2D eigenvalue weighted by Crippen LogP contribution is 2.42. The summed E-state index contributed by atoms with van der Waals surface area (Å²) >= 11 is 7.24. The molecule has 0 aliphatic carbocycles. The summed E-state index contributed by atoms with van der Waals surface area (Å²) in [5, 5.41) is 16.1. The number of piperidine rings is 1. The number of H-pyrrole nitrogens is 1. The van der Waals surface area contributed by atoms with Gasteiger partial charge in [0.1, 0.15) is 17.1 Å². The topological polar surface area (TPSA) is 121 Å². The Balaban J connectivity index is 0.000000238. The van der Waals surface area contributed by atoms with Crippen molar-refractivity contribution in [3.8, 4) is 22.6 Å². The molecule has 1 unspecified atom stereocenters. The van der Waals surface area contributed by atoms with E-state index >= 15 is 0 Å². The number of ether oxygens (including phenoxy) is 3. The van der Waals surface area contributed by atoms with Crippen LogP contribution < -0.4 is 19.7 Å². The fourth-order valence-electron chi connectivity index (χ4n) is 7.33. The average Bonchev–Trinajstić information content (AvgIpc) is 3.75. The minimum Gasteiger partial charge on any atom is -0.455 e. The molecule has 63 heavy (non-hydrogen) atoms. The van der Waals surface area contributed by atoms with Gasteiger partial charge in [-0.05, 0) is 135 Å². The lowest BCUT2D eigenvalue weighted by Gasteiger charge is -2.36. The number of aldehydes is 1. The van der Waals surface area contributed by atoms with Crippen LogP contribution in [0.5, 0.6) is 11.5 Å². The first-order chi connectivity index (χ1) is 30.5. The van der Waals surface area contributed by atoms with Gasteiger partial charge in [0.25, 0.3) is 0 Å². The number of hydrogen-bond acceptors (Lipinski definition) is 11. The predicted molar refractivity (Wildman–Crippen MR) is 248 cm³/mol. The highest BCUT2D eigenvalue weighted by atomic mass is 35.5. The number of hydrogen-bond donors (Lipinski definition) is 4. The molecule has 4 aromatic carbocycles. The van der Waals surface area contributed by atoms with Crippen molar-refractivity contribution in [3.63, 3.8) is 0 Å². The van der Waals surface area contributed by atoms with Gasteiger partial charge in [0.15, 0.2) is 12.6 Å². The lowest BCUT2D eigenvalue weighted by Crippen LogP contribution is -2.35. The lowest BCUT2D eigenvalue weighted by molar-refractivity contribution is -0.137. The number of anilines is 2. The van der Waals surface area contributed by atoms with E-state index in [1.54, 1.807) is 31.4 Å². The predicted octanol–water partition coefficient (Wildman–Crippen LogP) is 12.2. The molecular weight excluding hydrogens is 871 g/mol. The van der Waals surface area contributed by atoms with Gasteiger partial charge in [-0.25, -0.2) is 4.98 Å². The largest absolute Gasteiger partial charge is 0.455 e. The van der Waals surface area contributed by atoms with E-state index in [-0.39, 0.29) is 28.9 Å². The number of carbonyl (C=O) groups is 1. The number of pyridine rings is 1. The maximum Gasteiger partial charge on any atom is 0.446 e. The zero-order chi connectivity index (χ0) is 44.8. The molecule has 0 spiro atoms. The molecule has 2 aromatic heterocycles. The van der Waals surface area contributed by atoms with E-state index in [1.807, 2.05) is 86.8 Å². The van der Waals surface area contributed by atoms with Gasteiger partial charge >= 0.3 is 5.51 Å². The molecule has 4 N–H and O–H groups in total. The number of aliphatic hydroxyl groups excluding tert-OH is 1. The first-order valence-electron chi connectivity index (χ1n) is 20.7. The van der Waals surface area contributed by atoms with E-state index in [2.05, 4.69) is 31.0 Å². The molecule has 0 saturated carbocycles. The number of thioether (sulfide) groups is 1. The zero-order valence-corrected chi connectivity index (χ0v) is 37.6. The number of carbonyl (C=O) groups excluding carboxylic acids is 1. The van der Waals surface area contributed by atoms with Crippen LogP contribution in [-0.4, -0.2) is 73.1 Å². The summed E-state index contributed by atoms with van der Waals surface area (Å²) in [4.78, 5) is 22.3. The minimum atomic E-state index is -4.33. The Morgan fingerprint density at radius 2 is 1.73 bits per heavy atom. The summed E-state index contributed by atoms with van der Waals surface area (Å²) in [6, 6.07) is 30.2. The second kappa shape index (κ2) is 23.3. The molecular formula is C47H51ClF3N5O5S2. The van der Waals surface area contributed by atoms with Crippen molar-refractivity contribution in [3.05, 3.63) is 126 Å². The molecule has 334 valence electrons. The standard InChI is InChI=1S/C32H28ClN3O3.C15H23F3N2O2S2/c33-25-8-5-21(6-9-25)28-3-1-2-4-29(28)31(38)22-12-15-36(16-13-22)26-10-7-24(20-37)30(18-26)39-27-17-23-11-14-34-32(23)35-19-27;1-4-21-14(22-5-2)8-9-20-12-7-6-11(24-19-3)10-13(12)23-15(16,17)18/h1-11,14,17-20,22,31,38H,12-13,15-16H2,(H,34,35);6-7,10,14,19-20H,4-5,8-9H2,1-3H3. The van der Waals surface area contributed by atoms with Crippen molar-refractivity contribution < 1.29 is 37.3 Å². The molecule has 10 nitrogen and oxygen atoms in total. The Labute approximate surface area is 379 Å². The van der Waals surface area contributed by atoms with Gasteiger partial charge in [-0.2, -0.15) is 13.2 Å². The Bertz CT molecular complexity index is 2370.